The average molecular weight is 301 g/mol. The first kappa shape index (κ1) is 19.6. The predicted octanol–water partition coefficient (Wildman–Crippen LogP) is 1.61. The van der Waals surface area contributed by atoms with Gasteiger partial charge in [0.2, 0.25) is 5.91 Å². The smallest absolute Gasteiger partial charge is 0.293 e. The lowest BCUT2D eigenvalue weighted by Gasteiger charge is -2.20. The van der Waals surface area contributed by atoms with Gasteiger partial charge in [-0.25, -0.2) is 0 Å². The number of carbonyl (C=O) groups is 3. The summed E-state index contributed by atoms with van der Waals surface area (Å²) in [4.78, 5) is 32.8. The number of carbonyl (C=O) groups excluding carboxylic acids is 3. The summed E-state index contributed by atoms with van der Waals surface area (Å²) >= 11 is 0. The zero-order valence-corrected chi connectivity index (χ0v) is 13.2. The molecule has 0 fully saturated rings. The van der Waals surface area contributed by atoms with Gasteiger partial charge < -0.3 is 19.6 Å². The highest BCUT2D eigenvalue weighted by molar-refractivity contribution is 5.83. The van der Waals surface area contributed by atoms with Gasteiger partial charge in [-0.3, -0.25) is 9.59 Å². The fourth-order valence-electron chi connectivity index (χ4n) is 1.80. The SMILES string of the molecule is CCCC(CC)OCC(CNC(=O)CCC(C)=O)OC=O. The highest BCUT2D eigenvalue weighted by Gasteiger charge is 2.15. The van der Waals surface area contributed by atoms with Crippen molar-refractivity contribution in [3.8, 4) is 0 Å². The van der Waals surface area contributed by atoms with Crippen LogP contribution in [0.1, 0.15) is 52.9 Å². The van der Waals surface area contributed by atoms with Gasteiger partial charge in [-0.1, -0.05) is 20.3 Å². The Labute approximate surface area is 126 Å². The van der Waals surface area contributed by atoms with Gasteiger partial charge in [-0.05, 0) is 19.8 Å². The van der Waals surface area contributed by atoms with Gasteiger partial charge in [0.25, 0.3) is 6.47 Å². The molecular formula is C15H27NO5. The molecule has 0 aromatic carbocycles. The summed E-state index contributed by atoms with van der Waals surface area (Å²) < 4.78 is 10.6. The average Bonchev–Trinajstić information content (AvgIpc) is 2.46. The third-order valence-corrected chi connectivity index (χ3v) is 3.06. The summed E-state index contributed by atoms with van der Waals surface area (Å²) in [5.41, 5.74) is 0. The van der Waals surface area contributed by atoms with Crippen molar-refractivity contribution in [2.75, 3.05) is 13.2 Å². The molecule has 122 valence electrons. The van der Waals surface area contributed by atoms with Crippen LogP contribution in [0.15, 0.2) is 0 Å². The number of rotatable bonds is 13. The summed E-state index contributed by atoms with van der Waals surface area (Å²) in [6.45, 7) is 6.37. The molecule has 0 spiro atoms. The van der Waals surface area contributed by atoms with E-state index in [-0.39, 0.29) is 43.8 Å². The normalized spacial score (nSPS) is 13.3. The predicted molar refractivity (Wildman–Crippen MR) is 78.8 cm³/mol. The van der Waals surface area contributed by atoms with Crippen LogP contribution in [0.5, 0.6) is 0 Å². The van der Waals surface area contributed by atoms with Crippen molar-refractivity contribution >= 4 is 18.2 Å². The molecule has 6 nitrogen and oxygen atoms in total. The Bertz CT molecular complexity index is 319. The van der Waals surface area contributed by atoms with Crippen molar-refractivity contribution < 1.29 is 23.9 Å². The van der Waals surface area contributed by atoms with Crippen LogP contribution in [-0.4, -0.2) is 43.5 Å². The van der Waals surface area contributed by atoms with Crippen LogP contribution in [0.3, 0.4) is 0 Å². The molecule has 0 heterocycles. The van der Waals surface area contributed by atoms with Crippen LogP contribution in [0.25, 0.3) is 0 Å². The molecule has 0 saturated carbocycles. The molecule has 0 aromatic rings. The number of ketones is 1. The lowest BCUT2D eigenvalue weighted by Crippen LogP contribution is -2.37. The summed E-state index contributed by atoms with van der Waals surface area (Å²) in [5, 5.41) is 2.64. The first-order chi connectivity index (χ1) is 10.0. The van der Waals surface area contributed by atoms with Crippen LogP contribution >= 0.6 is 0 Å². The van der Waals surface area contributed by atoms with E-state index in [0.717, 1.165) is 19.3 Å². The van der Waals surface area contributed by atoms with E-state index < -0.39 is 6.10 Å². The number of ether oxygens (including phenoxy) is 2. The number of hydrogen-bond acceptors (Lipinski definition) is 5. The summed E-state index contributed by atoms with van der Waals surface area (Å²) in [5.74, 6) is -0.259. The molecule has 0 aliphatic carbocycles. The molecule has 0 rings (SSSR count). The molecular weight excluding hydrogens is 274 g/mol. The van der Waals surface area contributed by atoms with E-state index in [9.17, 15) is 14.4 Å². The molecule has 2 unspecified atom stereocenters. The lowest BCUT2D eigenvalue weighted by atomic mass is 10.1. The monoisotopic (exact) mass is 301 g/mol. The third-order valence-electron chi connectivity index (χ3n) is 3.06. The summed E-state index contributed by atoms with van der Waals surface area (Å²) in [6.07, 6.45) is 2.88. The fraction of sp³-hybridized carbons (Fsp3) is 0.800. The number of hydrogen-bond donors (Lipinski definition) is 1. The molecule has 1 N–H and O–H groups in total. The fourth-order valence-corrected chi connectivity index (χ4v) is 1.80. The van der Waals surface area contributed by atoms with Gasteiger partial charge in [0.15, 0.2) is 0 Å². The molecule has 0 radical (unpaired) electrons. The van der Waals surface area contributed by atoms with E-state index in [1.54, 1.807) is 0 Å². The quantitative estimate of drug-likeness (QED) is 0.523. The van der Waals surface area contributed by atoms with E-state index in [1.165, 1.54) is 6.92 Å². The van der Waals surface area contributed by atoms with Crippen molar-refractivity contribution in [1.29, 1.82) is 0 Å². The largest absolute Gasteiger partial charge is 0.460 e. The maximum atomic E-state index is 11.5. The minimum atomic E-state index is -0.505. The van der Waals surface area contributed by atoms with Crippen LogP contribution in [0, 0.1) is 0 Å². The second kappa shape index (κ2) is 12.3. The van der Waals surface area contributed by atoms with E-state index in [0.29, 0.717) is 6.47 Å². The molecule has 21 heavy (non-hydrogen) atoms. The van der Waals surface area contributed by atoms with Crippen molar-refractivity contribution in [3.63, 3.8) is 0 Å². The van der Waals surface area contributed by atoms with Crippen molar-refractivity contribution in [2.45, 2.75) is 65.1 Å². The maximum Gasteiger partial charge on any atom is 0.293 e. The lowest BCUT2D eigenvalue weighted by molar-refractivity contribution is -0.139. The molecule has 6 heteroatoms. The molecule has 1 amide bonds. The van der Waals surface area contributed by atoms with Gasteiger partial charge in [0.1, 0.15) is 11.9 Å². The van der Waals surface area contributed by atoms with Crippen LogP contribution in [-0.2, 0) is 23.9 Å². The van der Waals surface area contributed by atoms with Gasteiger partial charge in [-0.15, -0.1) is 0 Å². The highest BCUT2D eigenvalue weighted by atomic mass is 16.6. The topological polar surface area (TPSA) is 81.7 Å². The van der Waals surface area contributed by atoms with E-state index in [2.05, 4.69) is 12.2 Å². The Morgan fingerprint density at radius 3 is 2.43 bits per heavy atom. The van der Waals surface area contributed by atoms with Crippen molar-refractivity contribution in [1.82, 2.24) is 5.32 Å². The third kappa shape index (κ3) is 11.0. The Morgan fingerprint density at radius 2 is 1.90 bits per heavy atom. The van der Waals surface area contributed by atoms with Gasteiger partial charge >= 0.3 is 0 Å². The standard InChI is InChI=1S/C15H27NO5/c1-4-6-13(5-2)20-10-14(21-11-17)9-16-15(19)8-7-12(3)18/h11,13-14H,4-10H2,1-3H3,(H,16,19). The Kier molecular flexibility index (Phi) is 11.5. The Hall–Kier alpha value is -1.43. The van der Waals surface area contributed by atoms with E-state index >= 15 is 0 Å². The first-order valence-electron chi connectivity index (χ1n) is 7.50. The maximum absolute atomic E-state index is 11.5. The molecule has 0 aliphatic heterocycles. The van der Waals surface area contributed by atoms with Gasteiger partial charge in [0, 0.05) is 12.8 Å². The van der Waals surface area contributed by atoms with E-state index in [4.69, 9.17) is 9.47 Å². The molecule has 0 bridgehead atoms. The number of amides is 1. The minimum Gasteiger partial charge on any atom is -0.460 e. The zero-order valence-electron chi connectivity index (χ0n) is 13.2. The molecule has 0 saturated heterocycles. The highest BCUT2D eigenvalue weighted by Crippen LogP contribution is 2.07. The van der Waals surface area contributed by atoms with Gasteiger partial charge in [0.05, 0.1) is 19.3 Å². The Balaban J connectivity index is 4.08. The molecule has 0 aromatic heterocycles. The van der Waals surface area contributed by atoms with Gasteiger partial charge in [-0.2, -0.15) is 0 Å². The second-order valence-corrected chi connectivity index (χ2v) is 5.01. The van der Waals surface area contributed by atoms with Crippen molar-refractivity contribution in [2.24, 2.45) is 0 Å². The molecule has 2 atom stereocenters. The zero-order chi connectivity index (χ0) is 16.1. The second-order valence-electron chi connectivity index (χ2n) is 5.01. The molecule has 0 aliphatic rings. The Morgan fingerprint density at radius 1 is 1.19 bits per heavy atom. The van der Waals surface area contributed by atoms with Crippen LogP contribution in [0.2, 0.25) is 0 Å². The number of Topliss-reactive ketones (excluding diaryl/α,β-unsaturated/α-hetero) is 1. The summed E-state index contributed by atoms with van der Waals surface area (Å²) in [7, 11) is 0. The first-order valence-corrected chi connectivity index (χ1v) is 7.50. The number of nitrogens with one attached hydrogen (secondary N) is 1. The minimum absolute atomic E-state index is 0.0282. The van der Waals surface area contributed by atoms with Crippen LogP contribution < -0.4 is 5.32 Å². The summed E-state index contributed by atoms with van der Waals surface area (Å²) in [6, 6.07) is 0. The van der Waals surface area contributed by atoms with Crippen LogP contribution in [0.4, 0.5) is 0 Å². The van der Waals surface area contributed by atoms with Crippen molar-refractivity contribution in [3.05, 3.63) is 0 Å². The van der Waals surface area contributed by atoms with E-state index in [1.807, 2.05) is 6.92 Å².